The van der Waals surface area contributed by atoms with Crippen LogP contribution < -0.4 is 5.32 Å². The lowest BCUT2D eigenvalue weighted by Crippen LogP contribution is -2.70. The Kier molecular flexibility index (Phi) is 7.52. The summed E-state index contributed by atoms with van der Waals surface area (Å²) in [5, 5.41) is 0.699. The first-order chi connectivity index (χ1) is 11.4. The molecular weight excluding hydrogens is 737 g/mol. The van der Waals surface area contributed by atoms with Crippen LogP contribution in [0, 0.1) is 10.7 Å². The van der Waals surface area contributed by atoms with Gasteiger partial charge in [0.25, 0.3) is 5.91 Å². The lowest BCUT2D eigenvalue weighted by molar-refractivity contribution is -0.296. The van der Waals surface area contributed by atoms with Crippen LogP contribution in [0.1, 0.15) is 10.4 Å². The minimum absolute atomic E-state index is 0.0596. The summed E-state index contributed by atoms with van der Waals surface area (Å²) in [4.78, 5) is 12.1. The molecule has 0 saturated heterocycles. The van der Waals surface area contributed by atoms with E-state index in [1.54, 1.807) is 67.8 Å². The van der Waals surface area contributed by atoms with E-state index < -0.39 is 45.2 Å². The van der Waals surface area contributed by atoms with E-state index in [0.717, 1.165) is 6.07 Å². The summed E-state index contributed by atoms with van der Waals surface area (Å²) in [7, 11) is -6.01. The van der Waals surface area contributed by atoms with Crippen LogP contribution in [0.5, 0.6) is 0 Å². The van der Waals surface area contributed by atoms with Crippen molar-refractivity contribution in [1.29, 1.82) is 0 Å². The first-order valence-corrected chi connectivity index (χ1v) is 10.8. The molecule has 0 unspecified atom stereocenters. The molecule has 0 radical (unpaired) electrons. The molecule has 15 heteroatoms. The van der Waals surface area contributed by atoms with Crippen molar-refractivity contribution >= 4 is 83.8 Å². The van der Waals surface area contributed by atoms with Crippen LogP contribution in [0.25, 0.3) is 0 Å². The average molecular weight is 742 g/mol. The fraction of sp³-hybridized carbons (Fsp3) is 0.364. The normalized spacial score (nSPS) is 13.6. The quantitative estimate of drug-likeness (QED) is 0.221. The van der Waals surface area contributed by atoms with E-state index in [1.165, 1.54) is 6.07 Å². The van der Waals surface area contributed by atoms with Gasteiger partial charge in [-0.25, -0.2) is 8.42 Å². The molecule has 0 atom stereocenters. The van der Waals surface area contributed by atoms with E-state index in [-0.39, 0.29) is 3.57 Å². The van der Waals surface area contributed by atoms with Crippen molar-refractivity contribution < 1.29 is 44.1 Å². The minimum atomic E-state index is -6.29. The molecule has 0 heterocycles. The Balaban J connectivity index is 3.58. The van der Waals surface area contributed by atoms with Crippen molar-refractivity contribution in [1.82, 2.24) is 5.32 Å². The van der Waals surface area contributed by atoms with Gasteiger partial charge in [0.05, 0.1) is 21.4 Å². The van der Waals surface area contributed by atoms with Crippen LogP contribution in [0.4, 0.5) is 26.3 Å². The van der Waals surface area contributed by atoms with Gasteiger partial charge in [-0.3, -0.25) is 4.79 Å². The molecule has 1 aromatic rings. The SMILES string of the molecule is O=C(NC(CS(=O)(=O)[O-])(C(F)(F)F)C(F)(F)F)c1cc(I)cc(I)c1I. The Bertz CT molecular complexity index is 810. The molecule has 0 saturated carbocycles. The Labute approximate surface area is 183 Å². The molecule has 0 bridgehead atoms. The summed E-state index contributed by atoms with van der Waals surface area (Å²) in [5.41, 5.74) is -5.77. The fourth-order valence-corrected chi connectivity index (χ4v) is 5.08. The van der Waals surface area contributed by atoms with Crippen LogP contribution in [0.2, 0.25) is 0 Å². The lowest BCUT2D eigenvalue weighted by atomic mass is 9.99. The molecule has 0 aromatic heterocycles. The molecule has 1 aromatic carbocycles. The highest BCUT2D eigenvalue weighted by atomic mass is 127. The van der Waals surface area contributed by atoms with E-state index >= 15 is 0 Å². The van der Waals surface area contributed by atoms with Crippen molar-refractivity contribution in [3.8, 4) is 0 Å². The van der Waals surface area contributed by atoms with Crippen molar-refractivity contribution in [2.75, 3.05) is 5.75 Å². The van der Waals surface area contributed by atoms with Gasteiger partial charge in [0, 0.05) is 10.7 Å². The van der Waals surface area contributed by atoms with Gasteiger partial charge in [-0.1, -0.05) is 0 Å². The summed E-state index contributed by atoms with van der Waals surface area (Å²) in [6.07, 6.45) is -12.6. The summed E-state index contributed by atoms with van der Waals surface area (Å²) in [6.45, 7) is 0. The Hall–Kier alpha value is 0.370. The van der Waals surface area contributed by atoms with Gasteiger partial charge < -0.3 is 9.87 Å². The van der Waals surface area contributed by atoms with Gasteiger partial charge in [-0.15, -0.1) is 0 Å². The second kappa shape index (κ2) is 8.01. The largest absolute Gasteiger partial charge is 0.748 e. The highest BCUT2D eigenvalue weighted by molar-refractivity contribution is 14.1. The van der Waals surface area contributed by atoms with E-state index in [4.69, 9.17) is 0 Å². The maximum absolute atomic E-state index is 13.2. The number of alkyl halides is 6. The highest BCUT2D eigenvalue weighted by Crippen LogP contribution is 2.44. The summed E-state index contributed by atoms with van der Waals surface area (Å²) >= 11 is 4.96. The molecule has 0 fully saturated rings. The van der Waals surface area contributed by atoms with Crippen LogP contribution in [-0.4, -0.2) is 42.5 Å². The number of halogens is 9. The summed E-state index contributed by atoms with van der Waals surface area (Å²) < 4.78 is 112. The zero-order valence-corrected chi connectivity index (χ0v) is 19.1. The predicted octanol–water partition coefficient (Wildman–Crippen LogP) is 3.64. The van der Waals surface area contributed by atoms with Gasteiger partial charge in [0.2, 0.25) is 5.54 Å². The number of hydrogen-bond donors (Lipinski definition) is 1. The van der Waals surface area contributed by atoms with E-state index in [9.17, 15) is 44.1 Å². The topological polar surface area (TPSA) is 86.3 Å². The number of carbonyl (C=O) groups is 1. The Morgan fingerprint density at radius 2 is 1.50 bits per heavy atom. The highest BCUT2D eigenvalue weighted by Gasteiger charge is 2.72. The third kappa shape index (κ3) is 5.46. The third-order valence-electron chi connectivity index (χ3n) is 2.93. The summed E-state index contributed by atoms with van der Waals surface area (Å²) in [5.74, 6) is -4.74. The van der Waals surface area contributed by atoms with Crippen molar-refractivity contribution in [2.24, 2.45) is 0 Å². The lowest BCUT2D eigenvalue weighted by Gasteiger charge is -2.38. The maximum Gasteiger partial charge on any atom is 0.421 e. The van der Waals surface area contributed by atoms with Crippen molar-refractivity contribution in [3.05, 3.63) is 28.4 Å². The smallest absolute Gasteiger partial charge is 0.421 e. The van der Waals surface area contributed by atoms with Crippen LogP contribution >= 0.6 is 67.8 Å². The van der Waals surface area contributed by atoms with Gasteiger partial charge >= 0.3 is 12.4 Å². The molecule has 1 amide bonds. The first-order valence-electron chi connectivity index (χ1n) is 5.95. The molecule has 1 N–H and O–H groups in total. The second-order valence-electron chi connectivity index (χ2n) is 4.81. The molecular formula is C11H5F6I3NO4S-. The molecule has 0 spiro atoms. The van der Waals surface area contributed by atoms with E-state index in [0.29, 0.717) is 12.5 Å². The third-order valence-corrected chi connectivity index (χ3v) is 7.38. The number of amides is 1. The summed E-state index contributed by atoms with van der Waals surface area (Å²) in [6, 6.07) is 2.55. The number of carbonyl (C=O) groups excluding carboxylic acids is 1. The Morgan fingerprint density at radius 3 is 1.88 bits per heavy atom. The molecule has 26 heavy (non-hydrogen) atoms. The van der Waals surface area contributed by atoms with Crippen molar-refractivity contribution in [3.63, 3.8) is 0 Å². The predicted molar refractivity (Wildman–Crippen MR) is 101 cm³/mol. The molecule has 148 valence electrons. The average Bonchev–Trinajstić information content (AvgIpc) is 2.37. The molecule has 5 nitrogen and oxygen atoms in total. The van der Waals surface area contributed by atoms with Gasteiger partial charge in [0.15, 0.2) is 0 Å². The van der Waals surface area contributed by atoms with Crippen LogP contribution in [0.15, 0.2) is 12.1 Å². The minimum Gasteiger partial charge on any atom is -0.748 e. The number of hydrogen-bond acceptors (Lipinski definition) is 4. The van der Waals surface area contributed by atoms with E-state index in [1.807, 2.05) is 0 Å². The van der Waals surface area contributed by atoms with Gasteiger partial charge in [-0.2, -0.15) is 26.3 Å². The number of benzene rings is 1. The van der Waals surface area contributed by atoms with Crippen LogP contribution in [0.3, 0.4) is 0 Å². The van der Waals surface area contributed by atoms with Crippen LogP contribution in [-0.2, 0) is 10.1 Å². The molecule has 0 aliphatic rings. The van der Waals surface area contributed by atoms with Gasteiger partial charge in [0.1, 0.15) is 0 Å². The standard InChI is InChI=1S/C11H6F6I3NO4S/c12-10(13,14)9(11(15,16)17,3-26(23,24)25)21-8(22)5-1-4(18)2-6(19)7(5)20/h1-2H,3H2,(H,21,22)(H,23,24,25)/p-1. The van der Waals surface area contributed by atoms with E-state index in [2.05, 4.69) is 0 Å². The first kappa shape index (κ1) is 24.4. The monoisotopic (exact) mass is 742 g/mol. The number of nitrogens with one attached hydrogen (secondary N) is 1. The molecule has 0 aliphatic heterocycles. The maximum atomic E-state index is 13.2. The second-order valence-corrected chi connectivity index (χ2v) is 9.70. The molecule has 1 rings (SSSR count). The fourth-order valence-electron chi connectivity index (χ4n) is 1.75. The van der Waals surface area contributed by atoms with Gasteiger partial charge in [-0.05, 0) is 79.9 Å². The molecule has 0 aliphatic carbocycles. The number of rotatable bonds is 4. The zero-order valence-electron chi connectivity index (χ0n) is 11.8. The van der Waals surface area contributed by atoms with Crippen molar-refractivity contribution in [2.45, 2.75) is 17.9 Å². The zero-order chi connectivity index (χ0) is 20.7. The Morgan fingerprint density at radius 1 is 1.04 bits per heavy atom.